The Hall–Kier alpha value is -3.45. The van der Waals surface area contributed by atoms with E-state index < -0.39 is 17.5 Å². The summed E-state index contributed by atoms with van der Waals surface area (Å²) >= 11 is 1.25. The first kappa shape index (κ1) is 17.9. The summed E-state index contributed by atoms with van der Waals surface area (Å²) < 4.78 is 11.2. The van der Waals surface area contributed by atoms with Crippen molar-refractivity contribution in [2.24, 2.45) is 0 Å². The Bertz CT molecular complexity index is 1270. The molecule has 0 aliphatic carbocycles. The summed E-state index contributed by atoms with van der Waals surface area (Å²) in [5.74, 6) is -1.17. The number of esters is 1. The quantitative estimate of drug-likeness (QED) is 0.409. The minimum Gasteiger partial charge on any atom is -0.462 e. The van der Waals surface area contributed by atoms with Crippen LogP contribution in [0.15, 0.2) is 63.8 Å². The van der Waals surface area contributed by atoms with Crippen molar-refractivity contribution in [2.45, 2.75) is 6.92 Å². The first-order chi connectivity index (χ1) is 13.6. The largest absolute Gasteiger partial charge is 0.462 e. The standard InChI is InChI=1S/C21H15NO5S/c1-2-26-21(25)17-13-8-4-6-10-16(13)28-19(17)22-18(23)14-11-12-7-3-5-9-15(12)27-20(14)24/h3-11H,2H2,1H3,(H,22,23). The molecule has 140 valence electrons. The minimum absolute atomic E-state index is 0.133. The van der Waals surface area contributed by atoms with Gasteiger partial charge < -0.3 is 14.5 Å². The molecule has 2 aromatic heterocycles. The number of anilines is 1. The van der Waals surface area contributed by atoms with Crippen LogP contribution in [0.3, 0.4) is 0 Å². The Kier molecular flexibility index (Phi) is 4.67. The van der Waals surface area contributed by atoms with E-state index in [2.05, 4.69) is 5.32 Å². The average Bonchev–Trinajstić information content (AvgIpc) is 3.05. The van der Waals surface area contributed by atoms with E-state index in [1.54, 1.807) is 43.3 Å². The number of thiophene rings is 1. The molecule has 0 atom stereocenters. The normalized spacial score (nSPS) is 10.9. The first-order valence-electron chi connectivity index (χ1n) is 8.61. The SMILES string of the molecule is CCOC(=O)c1c(NC(=O)c2cc3ccccc3oc2=O)sc2ccccc12. The maximum absolute atomic E-state index is 12.8. The molecule has 1 N–H and O–H groups in total. The van der Waals surface area contributed by atoms with E-state index in [4.69, 9.17) is 9.15 Å². The number of fused-ring (bicyclic) bond motifs is 2. The van der Waals surface area contributed by atoms with Gasteiger partial charge in [-0.3, -0.25) is 4.79 Å². The number of hydrogen-bond donors (Lipinski definition) is 1. The molecule has 1 amide bonds. The molecular weight excluding hydrogens is 378 g/mol. The van der Waals surface area contributed by atoms with Gasteiger partial charge in [0, 0.05) is 15.5 Å². The van der Waals surface area contributed by atoms with E-state index in [9.17, 15) is 14.4 Å². The Morgan fingerprint density at radius 2 is 1.86 bits per heavy atom. The molecule has 0 fully saturated rings. The highest BCUT2D eigenvalue weighted by atomic mass is 32.1. The lowest BCUT2D eigenvalue weighted by Crippen LogP contribution is -2.21. The Balaban J connectivity index is 1.77. The lowest BCUT2D eigenvalue weighted by atomic mass is 10.1. The fraction of sp³-hybridized carbons (Fsp3) is 0.0952. The molecule has 2 heterocycles. The van der Waals surface area contributed by atoms with Gasteiger partial charge in [0.05, 0.1) is 6.61 Å². The molecule has 0 saturated heterocycles. The Morgan fingerprint density at radius 3 is 2.68 bits per heavy atom. The molecule has 7 heteroatoms. The molecule has 0 aliphatic rings. The summed E-state index contributed by atoms with van der Waals surface area (Å²) in [5.41, 5.74) is -0.194. The topological polar surface area (TPSA) is 85.6 Å². The number of ether oxygens (including phenoxy) is 1. The molecule has 0 unspecified atom stereocenters. The molecule has 4 aromatic rings. The van der Waals surface area contributed by atoms with Crippen LogP contribution in [0.4, 0.5) is 5.00 Å². The molecule has 0 bridgehead atoms. The van der Waals surface area contributed by atoms with E-state index >= 15 is 0 Å². The molecule has 6 nitrogen and oxygen atoms in total. The van der Waals surface area contributed by atoms with E-state index in [1.165, 1.54) is 17.4 Å². The summed E-state index contributed by atoms with van der Waals surface area (Å²) in [6, 6.07) is 15.7. The molecule has 28 heavy (non-hydrogen) atoms. The second-order valence-electron chi connectivity index (χ2n) is 5.96. The molecule has 2 aromatic carbocycles. The van der Waals surface area contributed by atoms with Crippen molar-refractivity contribution < 1.29 is 18.7 Å². The van der Waals surface area contributed by atoms with Gasteiger partial charge in [0.2, 0.25) is 0 Å². The second kappa shape index (κ2) is 7.28. The van der Waals surface area contributed by atoms with Crippen molar-refractivity contribution in [3.8, 4) is 0 Å². The van der Waals surface area contributed by atoms with Gasteiger partial charge in [-0.15, -0.1) is 11.3 Å². The lowest BCUT2D eigenvalue weighted by molar-refractivity contribution is 0.0530. The van der Waals surface area contributed by atoms with Gasteiger partial charge in [0.15, 0.2) is 0 Å². The Labute approximate surface area is 163 Å². The van der Waals surface area contributed by atoms with Crippen molar-refractivity contribution in [1.29, 1.82) is 0 Å². The third-order valence-corrected chi connectivity index (χ3v) is 5.27. The zero-order chi connectivity index (χ0) is 19.7. The predicted molar refractivity (Wildman–Crippen MR) is 108 cm³/mol. The van der Waals surface area contributed by atoms with Gasteiger partial charge in [-0.25, -0.2) is 9.59 Å². The molecule has 0 spiro atoms. The Morgan fingerprint density at radius 1 is 1.11 bits per heavy atom. The zero-order valence-corrected chi connectivity index (χ0v) is 15.7. The smallest absolute Gasteiger partial charge is 0.349 e. The minimum atomic E-state index is -0.741. The van der Waals surface area contributed by atoms with E-state index in [1.807, 2.05) is 12.1 Å². The summed E-state index contributed by atoms with van der Waals surface area (Å²) in [7, 11) is 0. The highest BCUT2D eigenvalue weighted by Gasteiger charge is 2.23. The van der Waals surface area contributed by atoms with Crippen LogP contribution >= 0.6 is 11.3 Å². The second-order valence-corrected chi connectivity index (χ2v) is 7.01. The van der Waals surface area contributed by atoms with Crippen molar-refractivity contribution >= 4 is 49.3 Å². The number of nitrogens with one attached hydrogen (secondary N) is 1. The number of carbonyl (C=O) groups excluding carboxylic acids is 2. The van der Waals surface area contributed by atoms with Gasteiger partial charge in [0.25, 0.3) is 5.91 Å². The van der Waals surface area contributed by atoms with Crippen LogP contribution in [0.1, 0.15) is 27.6 Å². The van der Waals surface area contributed by atoms with E-state index in [0.29, 0.717) is 21.4 Å². The molecule has 0 aliphatic heterocycles. The van der Waals surface area contributed by atoms with Gasteiger partial charge >= 0.3 is 11.6 Å². The number of carbonyl (C=O) groups is 2. The van der Waals surface area contributed by atoms with Crippen molar-refractivity contribution in [1.82, 2.24) is 0 Å². The summed E-state index contributed by atoms with van der Waals surface area (Å²) in [5, 5.41) is 4.33. The lowest BCUT2D eigenvalue weighted by Gasteiger charge is -2.06. The fourth-order valence-electron chi connectivity index (χ4n) is 2.93. The van der Waals surface area contributed by atoms with Crippen molar-refractivity contribution in [2.75, 3.05) is 11.9 Å². The zero-order valence-electron chi connectivity index (χ0n) is 14.9. The summed E-state index contributed by atoms with van der Waals surface area (Å²) in [6.07, 6.45) is 0. The van der Waals surface area contributed by atoms with Gasteiger partial charge in [-0.05, 0) is 25.1 Å². The average molecular weight is 393 g/mol. The number of benzene rings is 2. The highest BCUT2D eigenvalue weighted by molar-refractivity contribution is 7.23. The molecule has 0 saturated carbocycles. The van der Waals surface area contributed by atoms with Crippen LogP contribution in [0.2, 0.25) is 0 Å². The van der Waals surface area contributed by atoms with Gasteiger partial charge in [0.1, 0.15) is 21.7 Å². The molecular formula is C21H15NO5S. The summed E-state index contributed by atoms with van der Waals surface area (Å²) in [6.45, 7) is 1.93. The number of amides is 1. The van der Waals surface area contributed by atoms with Gasteiger partial charge in [-0.1, -0.05) is 36.4 Å². The van der Waals surface area contributed by atoms with Crippen LogP contribution in [0, 0.1) is 0 Å². The van der Waals surface area contributed by atoms with E-state index in [0.717, 1.165) is 4.70 Å². The predicted octanol–water partition coefficient (Wildman–Crippen LogP) is 4.44. The van der Waals surface area contributed by atoms with Crippen LogP contribution in [-0.4, -0.2) is 18.5 Å². The van der Waals surface area contributed by atoms with E-state index in [-0.39, 0.29) is 17.7 Å². The number of hydrogen-bond acceptors (Lipinski definition) is 6. The van der Waals surface area contributed by atoms with Crippen LogP contribution in [0.5, 0.6) is 0 Å². The highest BCUT2D eigenvalue weighted by Crippen LogP contribution is 2.36. The van der Waals surface area contributed by atoms with Crippen molar-refractivity contribution in [3.63, 3.8) is 0 Å². The summed E-state index contributed by atoms with van der Waals surface area (Å²) in [4.78, 5) is 37.5. The number of para-hydroxylation sites is 1. The van der Waals surface area contributed by atoms with Gasteiger partial charge in [-0.2, -0.15) is 0 Å². The maximum atomic E-state index is 12.8. The molecule has 0 radical (unpaired) electrons. The fourth-order valence-corrected chi connectivity index (χ4v) is 4.02. The van der Waals surface area contributed by atoms with Crippen LogP contribution < -0.4 is 10.9 Å². The van der Waals surface area contributed by atoms with Crippen LogP contribution in [-0.2, 0) is 4.74 Å². The number of rotatable bonds is 4. The molecule has 4 rings (SSSR count). The third-order valence-electron chi connectivity index (χ3n) is 4.19. The van der Waals surface area contributed by atoms with Crippen molar-refractivity contribution in [3.05, 3.63) is 76.1 Å². The monoisotopic (exact) mass is 393 g/mol. The first-order valence-corrected chi connectivity index (χ1v) is 9.43. The third kappa shape index (κ3) is 3.16. The maximum Gasteiger partial charge on any atom is 0.349 e. The van der Waals surface area contributed by atoms with Crippen LogP contribution in [0.25, 0.3) is 21.1 Å².